The lowest BCUT2D eigenvalue weighted by atomic mass is 9.71. The summed E-state index contributed by atoms with van der Waals surface area (Å²) in [6.07, 6.45) is 0. The second kappa shape index (κ2) is 13.1. The van der Waals surface area contributed by atoms with Crippen molar-refractivity contribution in [2.24, 2.45) is 0 Å². The molecular weight excluding hydrogens is 693 g/mol. The van der Waals surface area contributed by atoms with Gasteiger partial charge in [-0.1, -0.05) is 188 Å². The topological polar surface area (TPSA) is 38.9 Å². The maximum absolute atomic E-state index is 6.39. The Hall–Kier alpha value is -7.36. The van der Waals surface area contributed by atoms with Gasteiger partial charge in [0.15, 0.2) is 5.82 Å². The monoisotopic (exact) mass is 728 g/mol. The second-order valence-electron chi connectivity index (χ2n) is 15.0. The Balaban J connectivity index is 1.06. The van der Waals surface area contributed by atoms with Crippen LogP contribution in [0.4, 0.5) is 0 Å². The number of furan rings is 1. The molecule has 3 nitrogen and oxygen atoms in total. The molecule has 0 N–H and O–H groups in total. The predicted molar refractivity (Wildman–Crippen MR) is 234 cm³/mol. The van der Waals surface area contributed by atoms with Crippen LogP contribution in [0, 0.1) is 0 Å². The van der Waals surface area contributed by atoms with Gasteiger partial charge in [-0.2, -0.15) is 0 Å². The molecular formula is C54H36N2O. The number of para-hydroxylation sites is 2. The summed E-state index contributed by atoms with van der Waals surface area (Å²) in [4.78, 5) is 10.5. The third-order valence-electron chi connectivity index (χ3n) is 11.8. The number of fused-ring (bicyclic) bond motifs is 6. The molecule has 1 aliphatic carbocycles. The van der Waals surface area contributed by atoms with Crippen LogP contribution < -0.4 is 0 Å². The number of hydrogen-bond acceptors (Lipinski definition) is 3. The first-order valence-corrected chi connectivity index (χ1v) is 19.5. The van der Waals surface area contributed by atoms with Gasteiger partial charge in [0.05, 0.1) is 11.4 Å². The van der Waals surface area contributed by atoms with Crippen LogP contribution in [-0.2, 0) is 5.41 Å². The van der Waals surface area contributed by atoms with Gasteiger partial charge < -0.3 is 4.42 Å². The molecule has 268 valence electrons. The molecule has 2 aromatic heterocycles. The Kier molecular flexibility index (Phi) is 7.61. The van der Waals surface area contributed by atoms with Crippen LogP contribution in [0.15, 0.2) is 205 Å². The number of benzene rings is 8. The van der Waals surface area contributed by atoms with Crippen LogP contribution in [0.3, 0.4) is 0 Å². The first kappa shape index (κ1) is 33.0. The summed E-state index contributed by atoms with van der Waals surface area (Å²) in [6, 6.07) is 71.0. The fraction of sp³-hybridized carbons (Fsp3) is 0.0370. The zero-order chi connectivity index (χ0) is 37.9. The number of nitrogens with zero attached hydrogens (tertiary/aromatic N) is 2. The smallest absolute Gasteiger partial charge is 0.160 e. The zero-order valence-corrected chi connectivity index (χ0v) is 31.4. The molecule has 0 saturated carbocycles. The SMILES string of the molecule is CC1(c2ccccc2-c2ccccc2-c2cc(-c3ccc(-c4cccc5c4oc4ccccc45)cc3)nc(-c3ccccc3)n2)c2ccccc2-c2ccccc21. The first-order valence-electron chi connectivity index (χ1n) is 19.5. The minimum atomic E-state index is -0.350. The van der Waals surface area contributed by atoms with Gasteiger partial charge >= 0.3 is 0 Å². The van der Waals surface area contributed by atoms with E-state index in [2.05, 4.69) is 177 Å². The van der Waals surface area contributed by atoms with Gasteiger partial charge in [0.2, 0.25) is 0 Å². The van der Waals surface area contributed by atoms with Crippen molar-refractivity contribution in [1.82, 2.24) is 9.97 Å². The number of hydrogen-bond donors (Lipinski definition) is 0. The van der Waals surface area contributed by atoms with E-state index in [1.165, 1.54) is 33.4 Å². The molecule has 0 radical (unpaired) electrons. The lowest BCUT2D eigenvalue weighted by Crippen LogP contribution is -2.23. The number of aromatic nitrogens is 2. The molecule has 3 heteroatoms. The standard InChI is InChI=1S/C54H36N2O/c1-54(47-27-12-8-20-41(47)42-21-9-13-28-48(42)54)46-26-11-7-19-40(46)39-18-5-6-22-43(39)50-34-49(55-53(56-50)37-16-3-2-4-17-37)36-32-30-35(31-33-36)38-24-15-25-45-44-23-10-14-29-51(44)57-52(38)45/h2-34H,1H3. The maximum atomic E-state index is 6.39. The van der Waals surface area contributed by atoms with Crippen molar-refractivity contribution in [1.29, 1.82) is 0 Å². The Morgan fingerprint density at radius 1 is 0.368 bits per heavy atom. The van der Waals surface area contributed by atoms with Crippen molar-refractivity contribution in [3.8, 4) is 67.3 Å². The molecule has 0 saturated heterocycles. The van der Waals surface area contributed by atoms with Crippen molar-refractivity contribution >= 4 is 21.9 Å². The Bertz CT molecular complexity index is 3090. The third kappa shape index (κ3) is 5.27. The lowest BCUT2D eigenvalue weighted by Gasteiger charge is -2.31. The van der Waals surface area contributed by atoms with E-state index in [4.69, 9.17) is 14.4 Å². The van der Waals surface area contributed by atoms with Crippen molar-refractivity contribution < 1.29 is 4.42 Å². The molecule has 0 atom stereocenters. The molecule has 0 bridgehead atoms. The van der Waals surface area contributed by atoms with E-state index in [9.17, 15) is 0 Å². The van der Waals surface area contributed by atoms with E-state index in [0.717, 1.165) is 66.7 Å². The highest BCUT2D eigenvalue weighted by atomic mass is 16.3. The minimum Gasteiger partial charge on any atom is -0.455 e. The van der Waals surface area contributed by atoms with Crippen molar-refractivity contribution in [3.63, 3.8) is 0 Å². The van der Waals surface area contributed by atoms with Gasteiger partial charge in [-0.3, -0.25) is 0 Å². The summed E-state index contributed by atoms with van der Waals surface area (Å²) in [7, 11) is 0. The molecule has 0 amide bonds. The summed E-state index contributed by atoms with van der Waals surface area (Å²) < 4.78 is 6.39. The molecule has 0 fully saturated rings. The molecule has 11 rings (SSSR count). The predicted octanol–water partition coefficient (Wildman–Crippen LogP) is 14.0. The lowest BCUT2D eigenvalue weighted by molar-refractivity contribution is 0.670. The highest BCUT2D eigenvalue weighted by Crippen LogP contribution is 2.54. The normalized spacial score (nSPS) is 12.8. The molecule has 1 aliphatic rings. The van der Waals surface area contributed by atoms with E-state index in [-0.39, 0.29) is 5.41 Å². The average molecular weight is 729 g/mol. The summed E-state index contributed by atoms with van der Waals surface area (Å²) in [5.41, 5.74) is 17.2. The van der Waals surface area contributed by atoms with E-state index in [0.29, 0.717) is 5.82 Å². The van der Waals surface area contributed by atoms with Gasteiger partial charge in [-0.15, -0.1) is 0 Å². The highest BCUT2D eigenvalue weighted by molar-refractivity contribution is 6.09. The highest BCUT2D eigenvalue weighted by Gasteiger charge is 2.41. The molecule has 8 aromatic carbocycles. The van der Waals surface area contributed by atoms with E-state index in [1.807, 2.05) is 30.3 Å². The van der Waals surface area contributed by atoms with E-state index >= 15 is 0 Å². The van der Waals surface area contributed by atoms with Gasteiger partial charge in [0.25, 0.3) is 0 Å². The zero-order valence-electron chi connectivity index (χ0n) is 31.4. The summed E-state index contributed by atoms with van der Waals surface area (Å²) >= 11 is 0. The van der Waals surface area contributed by atoms with Gasteiger partial charge in [0, 0.05) is 38.4 Å². The van der Waals surface area contributed by atoms with Crippen LogP contribution in [0.5, 0.6) is 0 Å². The Morgan fingerprint density at radius 2 is 0.860 bits per heavy atom. The van der Waals surface area contributed by atoms with E-state index < -0.39 is 0 Å². The van der Waals surface area contributed by atoms with Crippen LogP contribution in [-0.4, -0.2) is 9.97 Å². The van der Waals surface area contributed by atoms with Crippen molar-refractivity contribution in [2.75, 3.05) is 0 Å². The van der Waals surface area contributed by atoms with Crippen LogP contribution >= 0.6 is 0 Å². The molecule has 57 heavy (non-hydrogen) atoms. The van der Waals surface area contributed by atoms with E-state index in [1.54, 1.807) is 0 Å². The average Bonchev–Trinajstić information content (AvgIpc) is 3.80. The fourth-order valence-electron chi connectivity index (χ4n) is 9.08. The summed E-state index contributed by atoms with van der Waals surface area (Å²) in [5, 5.41) is 2.25. The first-order chi connectivity index (χ1) is 28.1. The van der Waals surface area contributed by atoms with Gasteiger partial charge in [0.1, 0.15) is 11.2 Å². The molecule has 0 unspecified atom stereocenters. The second-order valence-corrected chi connectivity index (χ2v) is 15.0. The van der Waals surface area contributed by atoms with Crippen LogP contribution in [0.2, 0.25) is 0 Å². The van der Waals surface area contributed by atoms with Gasteiger partial charge in [-0.05, 0) is 63.6 Å². The quantitative estimate of drug-likeness (QED) is 0.171. The third-order valence-corrected chi connectivity index (χ3v) is 11.8. The van der Waals surface area contributed by atoms with Crippen molar-refractivity contribution in [2.45, 2.75) is 12.3 Å². The van der Waals surface area contributed by atoms with Crippen molar-refractivity contribution in [3.05, 3.63) is 217 Å². The largest absolute Gasteiger partial charge is 0.455 e. The number of rotatable bonds is 6. The Morgan fingerprint density at radius 3 is 1.54 bits per heavy atom. The summed E-state index contributed by atoms with van der Waals surface area (Å²) in [6.45, 7) is 2.38. The molecule has 2 heterocycles. The van der Waals surface area contributed by atoms with Crippen LogP contribution in [0.1, 0.15) is 23.6 Å². The molecule has 0 spiro atoms. The fourth-order valence-corrected chi connectivity index (χ4v) is 9.08. The van der Waals surface area contributed by atoms with Gasteiger partial charge in [-0.25, -0.2) is 9.97 Å². The molecule has 0 aliphatic heterocycles. The molecule has 10 aromatic rings. The maximum Gasteiger partial charge on any atom is 0.160 e. The van der Waals surface area contributed by atoms with Crippen LogP contribution in [0.25, 0.3) is 89.2 Å². The summed E-state index contributed by atoms with van der Waals surface area (Å²) in [5.74, 6) is 0.688. The Labute approximate surface area is 331 Å². The minimum absolute atomic E-state index is 0.350.